The number of aromatic carboxylic acids is 1. The van der Waals surface area contributed by atoms with Gasteiger partial charge in [-0.3, -0.25) is 0 Å². The number of aryl methyl sites for hydroxylation is 1. The zero-order valence-corrected chi connectivity index (χ0v) is 11.0. The SMILES string of the molecule is COCc1cccc(-c2sc(C)nc2C(=O)O)c1. The topological polar surface area (TPSA) is 59.4 Å². The average Bonchev–Trinajstić information content (AvgIpc) is 2.72. The molecule has 0 aliphatic rings. The summed E-state index contributed by atoms with van der Waals surface area (Å²) in [6.45, 7) is 2.31. The van der Waals surface area contributed by atoms with Gasteiger partial charge in [-0.05, 0) is 24.1 Å². The van der Waals surface area contributed by atoms with E-state index in [2.05, 4.69) is 4.98 Å². The molecule has 0 spiro atoms. The summed E-state index contributed by atoms with van der Waals surface area (Å²) in [5.74, 6) is -0.994. The Labute approximate surface area is 109 Å². The van der Waals surface area contributed by atoms with Gasteiger partial charge in [0.1, 0.15) is 0 Å². The molecule has 5 heteroatoms. The summed E-state index contributed by atoms with van der Waals surface area (Å²) in [5, 5.41) is 9.88. The van der Waals surface area contributed by atoms with Gasteiger partial charge in [0.05, 0.1) is 16.5 Å². The van der Waals surface area contributed by atoms with E-state index in [0.29, 0.717) is 11.5 Å². The zero-order valence-electron chi connectivity index (χ0n) is 10.1. The van der Waals surface area contributed by atoms with E-state index >= 15 is 0 Å². The van der Waals surface area contributed by atoms with Crippen LogP contribution in [0.1, 0.15) is 21.1 Å². The van der Waals surface area contributed by atoms with Crippen LogP contribution < -0.4 is 0 Å². The Hall–Kier alpha value is -1.72. The maximum atomic E-state index is 11.1. The number of thiazole rings is 1. The van der Waals surface area contributed by atoms with Crippen LogP contribution in [0.25, 0.3) is 10.4 Å². The van der Waals surface area contributed by atoms with Gasteiger partial charge in [-0.1, -0.05) is 18.2 Å². The van der Waals surface area contributed by atoms with E-state index in [1.165, 1.54) is 11.3 Å². The van der Waals surface area contributed by atoms with Crippen LogP contribution >= 0.6 is 11.3 Å². The highest BCUT2D eigenvalue weighted by molar-refractivity contribution is 7.15. The van der Waals surface area contributed by atoms with Crippen LogP contribution in [-0.2, 0) is 11.3 Å². The molecule has 2 aromatic rings. The molecular weight excluding hydrogens is 250 g/mol. The predicted octanol–water partition coefficient (Wildman–Crippen LogP) is 2.96. The minimum atomic E-state index is -0.994. The number of carboxylic acids is 1. The van der Waals surface area contributed by atoms with E-state index in [1.807, 2.05) is 24.3 Å². The fourth-order valence-electron chi connectivity index (χ4n) is 1.74. The van der Waals surface area contributed by atoms with Crippen LogP contribution in [-0.4, -0.2) is 23.2 Å². The number of hydrogen-bond donors (Lipinski definition) is 1. The van der Waals surface area contributed by atoms with Crippen LogP contribution in [0.15, 0.2) is 24.3 Å². The third-order valence-corrected chi connectivity index (χ3v) is 3.46. The number of hydrogen-bond acceptors (Lipinski definition) is 4. The maximum absolute atomic E-state index is 11.1. The normalized spacial score (nSPS) is 10.6. The van der Waals surface area contributed by atoms with Crippen LogP contribution in [0.3, 0.4) is 0 Å². The van der Waals surface area contributed by atoms with Gasteiger partial charge in [0, 0.05) is 7.11 Å². The zero-order chi connectivity index (χ0) is 13.1. The standard InChI is InChI=1S/C13H13NO3S/c1-8-14-11(13(15)16)12(18-8)10-5-3-4-9(6-10)7-17-2/h3-6H,7H2,1-2H3,(H,15,16). The quantitative estimate of drug-likeness (QED) is 0.921. The molecule has 0 radical (unpaired) electrons. The largest absolute Gasteiger partial charge is 0.476 e. The Morgan fingerprint density at radius 3 is 2.94 bits per heavy atom. The first-order chi connectivity index (χ1) is 8.61. The molecule has 94 valence electrons. The number of ether oxygens (including phenoxy) is 1. The van der Waals surface area contributed by atoms with Crippen LogP contribution in [0, 0.1) is 6.92 Å². The molecule has 0 atom stereocenters. The summed E-state index contributed by atoms with van der Waals surface area (Å²) in [7, 11) is 1.63. The molecule has 1 aromatic heterocycles. The highest BCUT2D eigenvalue weighted by atomic mass is 32.1. The first-order valence-electron chi connectivity index (χ1n) is 5.41. The van der Waals surface area contributed by atoms with Crippen molar-refractivity contribution in [1.29, 1.82) is 0 Å². The van der Waals surface area contributed by atoms with Gasteiger partial charge >= 0.3 is 5.97 Å². The monoisotopic (exact) mass is 263 g/mol. The fraction of sp³-hybridized carbons (Fsp3) is 0.231. The van der Waals surface area contributed by atoms with Crippen molar-refractivity contribution < 1.29 is 14.6 Å². The van der Waals surface area contributed by atoms with Crippen molar-refractivity contribution in [3.63, 3.8) is 0 Å². The Morgan fingerprint density at radius 1 is 1.50 bits per heavy atom. The lowest BCUT2D eigenvalue weighted by atomic mass is 10.1. The summed E-state index contributed by atoms with van der Waals surface area (Å²) in [4.78, 5) is 15.9. The van der Waals surface area contributed by atoms with E-state index in [-0.39, 0.29) is 5.69 Å². The molecule has 0 bridgehead atoms. The fourth-order valence-corrected chi connectivity index (χ4v) is 2.64. The van der Waals surface area contributed by atoms with Gasteiger partial charge in [-0.2, -0.15) is 0 Å². The minimum absolute atomic E-state index is 0.118. The third kappa shape index (κ3) is 2.57. The van der Waals surface area contributed by atoms with Gasteiger partial charge in [0.2, 0.25) is 0 Å². The first-order valence-corrected chi connectivity index (χ1v) is 6.22. The molecule has 1 aromatic carbocycles. The van der Waals surface area contributed by atoms with Gasteiger partial charge in [0.15, 0.2) is 5.69 Å². The van der Waals surface area contributed by atoms with Crippen molar-refractivity contribution in [1.82, 2.24) is 4.98 Å². The maximum Gasteiger partial charge on any atom is 0.356 e. The Balaban J connectivity index is 2.47. The van der Waals surface area contributed by atoms with Gasteiger partial charge in [0.25, 0.3) is 0 Å². The number of nitrogens with zero attached hydrogens (tertiary/aromatic N) is 1. The molecule has 1 heterocycles. The second kappa shape index (κ2) is 5.29. The highest BCUT2D eigenvalue weighted by Crippen LogP contribution is 2.30. The Kier molecular flexibility index (Phi) is 3.74. The Morgan fingerprint density at radius 2 is 2.28 bits per heavy atom. The number of carboxylic acid groups (broad SMARTS) is 1. The second-order valence-electron chi connectivity index (χ2n) is 3.85. The smallest absolute Gasteiger partial charge is 0.356 e. The molecule has 0 unspecified atom stereocenters. The van der Waals surface area contributed by atoms with Gasteiger partial charge < -0.3 is 9.84 Å². The molecule has 0 amide bonds. The summed E-state index contributed by atoms with van der Waals surface area (Å²) in [5.41, 5.74) is 2.00. The number of methoxy groups -OCH3 is 1. The predicted molar refractivity (Wildman–Crippen MR) is 70.0 cm³/mol. The van der Waals surface area contributed by atoms with E-state index in [4.69, 9.17) is 9.84 Å². The summed E-state index contributed by atoms with van der Waals surface area (Å²) in [6.07, 6.45) is 0. The van der Waals surface area contributed by atoms with Gasteiger partial charge in [-0.15, -0.1) is 11.3 Å². The lowest BCUT2D eigenvalue weighted by Crippen LogP contribution is -1.99. The number of rotatable bonds is 4. The van der Waals surface area contributed by atoms with Gasteiger partial charge in [-0.25, -0.2) is 9.78 Å². The molecule has 0 aliphatic carbocycles. The van der Waals surface area contributed by atoms with Crippen molar-refractivity contribution >= 4 is 17.3 Å². The van der Waals surface area contributed by atoms with Crippen LogP contribution in [0.4, 0.5) is 0 Å². The summed E-state index contributed by atoms with van der Waals surface area (Å²) >= 11 is 1.39. The molecule has 2 rings (SSSR count). The number of aromatic nitrogens is 1. The lowest BCUT2D eigenvalue weighted by molar-refractivity contribution is 0.0692. The lowest BCUT2D eigenvalue weighted by Gasteiger charge is -2.03. The molecular formula is C13H13NO3S. The molecule has 0 aliphatic heterocycles. The van der Waals surface area contributed by atoms with Crippen LogP contribution in [0.2, 0.25) is 0 Å². The van der Waals surface area contributed by atoms with Crippen molar-refractivity contribution in [2.75, 3.05) is 7.11 Å². The molecule has 0 saturated heterocycles. The minimum Gasteiger partial charge on any atom is -0.476 e. The molecule has 0 saturated carbocycles. The average molecular weight is 263 g/mol. The molecule has 18 heavy (non-hydrogen) atoms. The number of carbonyl (C=O) groups is 1. The first kappa shape index (κ1) is 12.7. The van der Waals surface area contributed by atoms with Crippen molar-refractivity contribution in [3.05, 3.63) is 40.5 Å². The van der Waals surface area contributed by atoms with Crippen molar-refractivity contribution in [3.8, 4) is 10.4 Å². The second-order valence-corrected chi connectivity index (χ2v) is 5.05. The van der Waals surface area contributed by atoms with Crippen molar-refractivity contribution in [2.24, 2.45) is 0 Å². The molecule has 0 fully saturated rings. The van der Waals surface area contributed by atoms with Crippen LogP contribution in [0.5, 0.6) is 0 Å². The third-order valence-electron chi connectivity index (χ3n) is 2.44. The summed E-state index contributed by atoms with van der Waals surface area (Å²) in [6, 6.07) is 7.66. The number of benzene rings is 1. The summed E-state index contributed by atoms with van der Waals surface area (Å²) < 4.78 is 5.07. The molecule has 4 nitrogen and oxygen atoms in total. The molecule has 1 N–H and O–H groups in total. The Bertz CT molecular complexity index is 577. The van der Waals surface area contributed by atoms with E-state index in [0.717, 1.165) is 16.1 Å². The van der Waals surface area contributed by atoms with E-state index < -0.39 is 5.97 Å². The van der Waals surface area contributed by atoms with E-state index in [1.54, 1.807) is 14.0 Å². The highest BCUT2D eigenvalue weighted by Gasteiger charge is 2.17. The van der Waals surface area contributed by atoms with Crippen molar-refractivity contribution in [2.45, 2.75) is 13.5 Å². The van der Waals surface area contributed by atoms with E-state index in [9.17, 15) is 4.79 Å².